The fourth-order valence-corrected chi connectivity index (χ4v) is 3.44. The van der Waals surface area contributed by atoms with E-state index in [1.54, 1.807) is 38.3 Å². The van der Waals surface area contributed by atoms with Crippen molar-refractivity contribution < 1.29 is 23.5 Å². The summed E-state index contributed by atoms with van der Waals surface area (Å²) in [4.78, 5) is 16.9. The quantitative estimate of drug-likeness (QED) is 0.380. The lowest BCUT2D eigenvalue weighted by Gasteiger charge is -2.14. The highest BCUT2D eigenvalue weighted by atomic mass is 16.5. The van der Waals surface area contributed by atoms with Crippen molar-refractivity contribution in [3.05, 3.63) is 66.2 Å². The zero-order valence-electron chi connectivity index (χ0n) is 19.1. The monoisotopic (exact) mass is 463 g/mol. The van der Waals surface area contributed by atoms with Gasteiger partial charge in [0.15, 0.2) is 11.5 Å². The average Bonchev–Trinajstić information content (AvgIpc) is 3.52. The van der Waals surface area contributed by atoms with Gasteiger partial charge in [-0.1, -0.05) is 17.3 Å². The van der Waals surface area contributed by atoms with E-state index in [2.05, 4.69) is 20.6 Å². The van der Waals surface area contributed by atoms with Crippen LogP contribution in [0.25, 0.3) is 11.4 Å². The Hall–Kier alpha value is -4.34. The van der Waals surface area contributed by atoms with E-state index in [1.165, 1.54) is 0 Å². The molecule has 34 heavy (non-hydrogen) atoms. The molecular weight excluding hydrogens is 438 g/mol. The van der Waals surface area contributed by atoms with E-state index in [-0.39, 0.29) is 12.3 Å². The number of rotatable bonds is 10. The maximum absolute atomic E-state index is 12.6. The van der Waals surface area contributed by atoms with Crippen LogP contribution >= 0.6 is 0 Å². The van der Waals surface area contributed by atoms with E-state index in [0.717, 1.165) is 16.9 Å². The second-order valence-electron chi connectivity index (χ2n) is 7.32. The lowest BCUT2D eigenvalue weighted by molar-refractivity contribution is -0.116. The number of benzene rings is 2. The molecule has 4 aromatic rings. The Balaban J connectivity index is 1.36. The van der Waals surface area contributed by atoms with Crippen LogP contribution in [-0.4, -0.2) is 47.2 Å². The van der Waals surface area contributed by atoms with Gasteiger partial charge in [0.1, 0.15) is 11.6 Å². The van der Waals surface area contributed by atoms with E-state index < -0.39 is 0 Å². The van der Waals surface area contributed by atoms with Crippen molar-refractivity contribution in [3.8, 4) is 28.6 Å². The number of nitrogens with zero attached hydrogens (tertiary/aromatic N) is 4. The van der Waals surface area contributed by atoms with Gasteiger partial charge >= 0.3 is 0 Å². The normalized spacial score (nSPS) is 10.7. The number of ether oxygens (including phenoxy) is 3. The van der Waals surface area contributed by atoms with Gasteiger partial charge in [-0.2, -0.15) is 10.1 Å². The molecule has 4 rings (SSSR count). The number of aromatic nitrogens is 4. The number of aryl methyl sites for hydroxylation is 1. The highest BCUT2D eigenvalue weighted by Crippen LogP contribution is 2.31. The van der Waals surface area contributed by atoms with Gasteiger partial charge in [0.25, 0.3) is 0 Å². The summed E-state index contributed by atoms with van der Waals surface area (Å²) >= 11 is 0. The van der Waals surface area contributed by atoms with Gasteiger partial charge < -0.3 is 24.1 Å². The number of hydrogen-bond acceptors (Lipinski definition) is 8. The molecule has 0 aliphatic heterocycles. The van der Waals surface area contributed by atoms with Crippen LogP contribution in [0.5, 0.6) is 17.2 Å². The fraction of sp³-hybridized carbons (Fsp3) is 0.250. The molecule has 0 spiro atoms. The number of hydrogen-bond donors (Lipinski definition) is 1. The first-order valence-electron chi connectivity index (χ1n) is 10.6. The zero-order chi connectivity index (χ0) is 23.9. The lowest BCUT2D eigenvalue weighted by atomic mass is 10.2. The summed E-state index contributed by atoms with van der Waals surface area (Å²) in [5, 5.41) is 11.2. The Kier molecular flexibility index (Phi) is 7.07. The molecule has 0 saturated carbocycles. The minimum absolute atomic E-state index is 0.178. The van der Waals surface area contributed by atoms with Crippen LogP contribution in [0.15, 0.2) is 59.3 Å². The smallest absolute Gasteiger partial charge is 0.227 e. The van der Waals surface area contributed by atoms with Gasteiger partial charge in [0.05, 0.1) is 34.1 Å². The minimum atomic E-state index is -0.191. The molecule has 0 saturated heterocycles. The zero-order valence-corrected chi connectivity index (χ0v) is 19.1. The van der Waals surface area contributed by atoms with E-state index in [4.69, 9.17) is 18.7 Å². The number of methoxy groups -OCH3 is 3. The van der Waals surface area contributed by atoms with Crippen molar-refractivity contribution in [3.63, 3.8) is 0 Å². The van der Waals surface area contributed by atoms with E-state index in [0.29, 0.717) is 42.0 Å². The molecule has 0 bridgehead atoms. The molecule has 2 aromatic heterocycles. The molecule has 10 heteroatoms. The number of carbonyl (C=O) groups is 1. The van der Waals surface area contributed by atoms with Crippen molar-refractivity contribution in [2.75, 3.05) is 26.6 Å². The number of para-hydroxylation sites is 1. The number of anilines is 1. The third-order valence-corrected chi connectivity index (χ3v) is 5.17. The molecule has 176 valence electrons. The molecule has 0 aliphatic rings. The summed E-state index contributed by atoms with van der Waals surface area (Å²) in [5.74, 6) is 3.23. The van der Waals surface area contributed by atoms with Crippen LogP contribution < -0.4 is 19.5 Å². The van der Waals surface area contributed by atoms with Gasteiger partial charge in [-0.25, -0.2) is 4.68 Å². The van der Waals surface area contributed by atoms with Crippen molar-refractivity contribution in [1.82, 2.24) is 19.9 Å². The number of nitrogens with one attached hydrogen (secondary N) is 1. The molecule has 1 N–H and O–H groups in total. The molecule has 0 aliphatic carbocycles. The average molecular weight is 463 g/mol. The summed E-state index contributed by atoms with van der Waals surface area (Å²) < 4.78 is 23.0. The van der Waals surface area contributed by atoms with Crippen LogP contribution in [-0.2, 0) is 17.8 Å². The first-order chi connectivity index (χ1) is 16.6. The Morgan fingerprint density at radius 3 is 2.59 bits per heavy atom. The van der Waals surface area contributed by atoms with Gasteiger partial charge in [-0.3, -0.25) is 4.79 Å². The van der Waals surface area contributed by atoms with Crippen molar-refractivity contribution in [1.29, 1.82) is 0 Å². The summed E-state index contributed by atoms with van der Waals surface area (Å²) in [6.45, 7) is 0.401. The van der Waals surface area contributed by atoms with Crippen LogP contribution in [0, 0.1) is 0 Å². The van der Waals surface area contributed by atoms with Crippen molar-refractivity contribution in [2.45, 2.75) is 19.4 Å². The lowest BCUT2D eigenvalue weighted by Crippen LogP contribution is -2.16. The second kappa shape index (κ2) is 10.5. The van der Waals surface area contributed by atoms with E-state index >= 15 is 0 Å². The van der Waals surface area contributed by atoms with Crippen molar-refractivity contribution in [2.24, 2.45) is 0 Å². The molecule has 10 nitrogen and oxygen atoms in total. The van der Waals surface area contributed by atoms with Gasteiger partial charge in [-0.05, 0) is 30.3 Å². The molecule has 2 heterocycles. The molecular formula is C24H25N5O5. The van der Waals surface area contributed by atoms with Crippen LogP contribution in [0.1, 0.15) is 17.9 Å². The topological polar surface area (TPSA) is 114 Å². The maximum atomic E-state index is 12.6. The first kappa shape index (κ1) is 22.8. The Labute approximate surface area is 196 Å². The summed E-state index contributed by atoms with van der Waals surface area (Å²) in [6.07, 6.45) is 2.12. The maximum Gasteiger partial charge on any atom is 0.227 e. The molecule has 2 aromatic carbocycles. The Bertz CT molecular complexity index is 1250. The molecule has 0 unspecified atom stereocenters. The van der Waals surface area contributed by atoms with Gasteiger partial charge in [-0.15, -0.1) is 0 Å². The standard InChI is InChI=1S/C24H25N5O5/c1-31-18-9-7-16(8-10-18)24-27-22(34-28-24)12-11-21(30)26-20-13-14-25-29(20)15-17-5-4-6-19(32-2)23(17)33-3/h4-10,13-14H,11-12,15H2,1-3H3,(H,26,30). The summed E-state index contributed by atoms with van der Waals surface area (Å²) in [5.41, 5.74) is 1.68. The van der Waals surface area contributed by atoms with E-state index in [1.807, 2.05) is 42.5 Å². The second-order valence-corrected chi connectivity index (χ2v) is 7.32. The SMILES string of the molecule is COc1ccc(-c2noc(CCC(=O)Nc3ccnn3Cc3cccc(OC)c3OC)n2)cc1. The highest BCUT2D eigenvalue weighted by molar-refractivity contribution is 5.89. The predicted octanol–water partition coefficient (Wildman–Crippen LogP) is 3.58. The molecule has 1 amide bonds. The highest BCUT2D eigenvalue weighted by Gasteiger charge is 2.15. The third kappa shape index (κ3) is 5.17. The van der Waals surface area contributed by atoms with Crippen LogP contribution in [0.4, 0.5) is 5.82 Å². The van der Waals surface area contributed by atoms with Crippen LogP contribution in [0.2, 0.25) is 0 Å². The molecule has 0 atom stereocenters. The first-order valence-corrected chi connectivity index (χ1v) is 10.6. The predicted molar refractivity (Wildman–Crippen MR) is 124 cm³/mol. The molecule has 0 fully saturated rings. The van der Waals surface area contributed by atoms with Gasteiger partial charge in [0, 0.05) is 30.0 Å². The Morgan fingerprint density at radius 1 is 1.03 bits per heavy atom. The fourth-order valence-electron chi connectivity index (χ4n) is 3.44. The van der Waals surface area contributed by atoms with Crippen LogP contribution in [0.3, 0.4) is 0 Å². The van der Waals surface area contributed by atoms with E-state index in [9.17, 15) is 4.79 Å². The molecule has 0 radical (unpaired) electrons. The summed E-state index contributed by atoms with van der Waals surface area (Å²) in [6, 6.07) is 14.7. The largest absolute Gasteiger partial charge is 0.497 e. The Morgan fingerprint density at radius 2 is 1.85 bits per heavy atom. The minimum Gasteiger partial charge on any atom is -0.497 e. The summed E-state index contributed by atoms with van der Waals surface area (Å²) in [7, 11) is 4.78. The third-order valence-electron chi connectivity index (χ3n) is 5.17. The number of amides is 1. The number of carbonyl (C=O) groups excluding carboxylic acids is 1. The van der Waals surface area contributed by atoms with Gasteiger partial charge in [0.2, 0.25) is 17.6 Å². The van der Waals surface area contributed by atoms with Crippen molar-refractivity contribution >= 4 is 11.7 Å².